The van der Waals surface area contributed by atoms with Crippen molar-refractivity contribution in [2.45, 2.75) is 43.3 Å². The van der Waals surface area contributed by atoms with E-state index >= 15 is 0 Å². The molecule has 8 nitrogen and oxygen atoms in total. The molecular weight excluding hydrogens is 446 g/mol. The molecule has 0 bridgehead atoms. The maximum Gasteiger partial charge on any atom is 0.279 e. The van der Waals surface area contributed by atoms with E-state index in [1.54, 1.807) is 19.2 Å². The van der Waals surface area contributed by atoms with E-state index in [0.29, 0.717) is 16.1 Å². The molecule has 1 saturated carbocycles. The maximum absolute atomic E-state index is 12.3. The van der Waals surface area contributed by atoms with Crippen molar-refractivity contribution in [1.82, 2.24) is 25.6 Å². The molecule has 1 aromatic carbocycles. The van der Waals surface area contributed by atoms with Gasteiger partial charge in [0.15, 0.2) is 11.0 Å². The van der Waals surface area contributed by atoms with Crippen molar-refractivity contribution in [3.05, 3.63) is 46.7 Å². The van der Waals surface area contributed by atoms with Gasteiger partial charge in [-0.15, -0.1) is 21.5 Å². The number of benzene rings is 1. The van der Waals surface area contributed by atoms with Gasteiger partial charge in [0, 0.05) is 11.6 Å². The topological polar surface area (TPSA) is 98.1 Å². The van der Waals surface area contributed by atoms with Crippen molar-refractivity contribution >= 4 is 34.9 Å². The van der Waals surface area contributed by atoms with E-state index in [9.17, 15) is 9.59 Å². The van der Waals surface area contributed by atoms with Crippen molar-refractivity contribution < 1.29 is 14.3 Å². The fourth-order valence-corrected chi connectivity index (χ4v) is 5.17. The molecule has 2 amide bonds. The number of hydrazine groups is 1. The number of nitrogens with one attached hydrogen (secondary N) is 2. The third-order valence-corrected chi connectivity index (χ3v) is 7.16. The van der Waals surface area contributed by atoms with E-state index in [1.807, 2.05) is 29.6 Å². The first-order valence-electron chi connectivity index (χ1n) is 10.5. The lowest BCUT2D eigenvalue weighted by Crippen LogP contribution is -2.42. The van der Waals surface area contributed by atoms with E-state index in [1.165, 1.54) is 42.4 Å². The third kappa shape index (κ3) is 5.31. The van der Waals surface area contributed by atoms with Gasteiger partial charge in [-0.2, -0.15) is 0 Å². The van der Waals surface area contributed by atoms with Crippen molar-refractivity contribution in [3.8, 4) is 17.1 Å². The van der Waals surface area contributed by atoms with Crippen LogP contribution in [-0.4, -0.2) is 39.4 Å². The Morgan fingerprint density at radius 1 is 1.12 bits per heavy atom. The van der Waals surface area contributed by atoms with Gasteiger partial charge in [0.2, 0.25) is 5.91 Å². The van der Waals surface area contributed by atoms with Crippen LogP contribution in [0, 0.1) is 0 Å². The summed E-state index contributed by atoms with van der Waals surface area (Å²) in [7, 11) is 1.64. The zero-order valence-electron chi connectivity index (χ0n) is 17.7. The number of hydrogen-bond donors (Lipinski definition) is 2. The molecule has 2 N–H and O–H groups in total. The van der Waals surface area contributed by atoms with Crippen LogP contribution in [0.4, 0.5) is 0 Å². The lowest BCUT2D eigenvalue weighted by atomic mass is 9.95. The minimum absolute atomic E-state index is 0.123. The van der Waals surface area contributed by atoms with Gasteiger partial charge in [-0.1, -0.05) is 37.1 Å². The molecule has 0 saturated heterocycles. The predicted molar refractivity (Wildman–Crippen MR) is 125 cm³/mol. The second kappa shape index (κ2) is 10.6. The van der Waals surface area contributed by atoms with Crippen LogP contribution in [0.25, 0.3) is 11.4 Å². The SMILES string of the molecule is COc1ccc(-c2nnc(SCC(=O)NNC(=O)c3cccs3)n2C2CCCCC2)cc1. The van der Waals surface area contributed by atoms with E-state index in [4.69, 9.17) is 4.74 Å². The minimum Gasteiger partial charge on any atom is -0.497 e. The molecule has 10 heteroatoms. The number of carbonyl (C=O) groups excluding carboxylic acids is 2. The molecule has 4 rings (SSSR count). The zero-order chi connectivity index (χ0) is 22.3. The molecule has 0 radical (unpaired) electrons. The quantitative estimate of drug-likeness (QED) is 0.398. The summed E-state index contributed by atoms with van der Waals surface area (Å²) in [4.78, 5) is 24.8. The van der Waals surface area contributed by atoms with Crippen molar-refractivity contribution in [2.75, 3.05) is 12.9 Å². The normalized spacial score (nSPS) is 14.2. The molecule has 32 heavy (non-hydrogen) atoms. The lowest BCUT2D eigenvalue weighted by Gasteiger charge is -2.25. The summed E-state index contributed by atoms with van der Waals surface area (Å²) >= 11 is 2.64. The zero-order valence-corrected chi connectivity index (χ0v) is 19.4. The Morgan fingerprint density at radius 2 is 1.91 bits per heavy atom. The number of amides is 2. The summed E-state index contributed by atoms with van der Waals surface area (Å²) in [6, 6.07) is 11.6. The fourth-order valence-electron chi connectivity index (χ4n) is 3.74. The molecule has 2 aromatic heterocycles. The average Bonchev–Trinajstić information content (AvgIpc) is 3.52. The second-order valence-corrected chi connectivity index (χ2v) is 9.35. The summed E-state index contributed by atoms with van der Waals surface area (Å²) in [5, 5.41) is 11.4. The van der Waals surface area contributed by atoms with Gasteiger partial charge in [0.05, 0.1) is 17.7 Å². The highest BCUT2D eigenvalue weighted by Gasteiger charge is 2.24. The van der Waals surface area contributed by atoms with Gasteiger partial charge < -0.3 is 4.74 Å². The smallest absolute Gasteiger partial charge is 0.279 e. The van der Waals surface area contributed by atoms with Crippen molar-refractivity contribution in [1.29, 1.82) is 0 Å². The molecule has 0 aliphatic heterocycles. The first-order chi connectivity index (χ1) is 15.7. The first kappa shape index (κ1) is 22.3. The molecule has 1 aliphatic rings. The summed E-state index contributed by atoms with van der Waals surface area (Å²) in [5.41, 5.74) is 5.87. The molecule has 1 aliphatic carbocycles. The van der Waals surface area contributed by atoms with Gasteiger partial charge in [0.1, 0.15) is 5.75 Å². The fraction of sp³-hybridized carbons (Fsp3) is 0.364. The highest BCUT2D eigenvalue weighted by Crippen LogP contribution is 2.35. The average molecular weight is 472 g/mol. The monoisotopic (exact) mass is 471 g/mol. The largest absolute Gasteiger partial charge is 0.497 e. The molecule has 1 fully saturated rings. The molecule has 0 atom stereocenters. The number of carbonyl (C=O) groups is 2. The number of thiophene rings is 1. The van der Waals surface area contributed by atoms with E-state index < -0.39 is 0 Å². The molecule has 0 unspecified atom stereocenters. The highest BCUT2D eigenvalue weighted by atomic mass is 32.2. The van der Waals surface area contributed by atoms with Crippen LogP contribution in [0.3, 0.4) is 0 Å². The Morgan fingerprint density at radius 3 is 2.59 bits per heavy atom. The Labute approximate surface area is 194 Å². The van der Waals surface area contributed by atoms with E-state index in [0.717, 1.165) is 30.0 Å². The van der Waals surface area contributed by atoms with Gasteiger partial charge in [0.25, 0.3) is 5.91 Å². The first-order valence-corrected chi connectivity index (χ1v) is 12.4. The molecule has 168 valence electrons. The summed E-state index contributed by atoms with van der Waals surface area (Å²) in [6.07, 6.45) is 5.72. The van der Waals surface area contributed by atoms with Crippen molar-refractivity contribution in [3.63, 3.8) is 0 Å². The Hall–Kier alpha value is -2.85. The van der Waals surface area contributed by atoms with Crippen LogP contribution in [-0.2, 0) is 4.79 Å². The van der Waals surface area contributed by atoms with Gasteiger partial charge in [-0.3, -0.25) is 25.0 Å². The Kier molecular flexibility index (Phi) is 7.43. The molecular formula is C22H25N5O3S2. The molecule has 3 aromatic rings. The number of ether oxygens (including phenoxy) is 1. The predicted octanol–water partition coefficient (Wildman–Crippen LogP) is 4.07. The van der Waals surface area contributed by atoms with E-state index in [-0.39, 0.29) is 17.6 Å². The van der Waals surface area contributed by atoms with Crippen LogP contribution in [0.1, 0.15) is 47.8 Å². The number of rotatable bonds is 7. The van der Waals surface area contributed by atoms with Crippen LogP contribution in [0.15, 0.2) is 46.9 Å². The van der Waals surface area contributed by atoms with Crippen LogP contribution in [0.5, 0.6) is 5.75 Å². The number of methoxy groups -OCH3 is 1. The second-order valence-electron chi connectivity index (χ2n) is 7.46. The van der Waals surface area contributed by atoms with Gasteiger partial charge in [-0.25, -0.2) is 0 Å². The minimum atomic E-state index is -0.328. The molecule has 2 heterocycles. The molecule has 0 spiro atoms. The van der Waals surface area contributed by atoms with Crippen LogP contribution in [0.2, 0.25) is 0 Å². The van der Waals surface area contributed by atoms with Crippen molar-refractivity contribution in [2.24, 2.45) is 0 Å². The Bertz CT molecular complexity index is 1040. The van der Waals surface area contributed by atoms with Gasteiger partial charge in [-0.05, 0) is 48.6 Å². The summed E-state index contributed by atoms with van der Waals surface area (Å²) in [5.74, 6) is 1.08. The van der Waals surface area contributed by atoms with Crippen LogP contribution < -0.4 is 15.6 Å². The number of thioether (sulfide) groups is 1. The van der Waals surface area contributed by atoms with Gasteiger partial charge >= 0.3 is 0 Å². The number of hydrogen-bond acceptors (Lipinski definition) is 7. The standard InChI is InChI=1S/C22H25N5O3S2/c1-30-17-11-9-15(10-12-17)20-24-26-22(27(20)16-6-3-2-4-7-16)32-14-19(28)23-25-21(29)18-8-5-13-31-18/h5,8-13,16H,2-4,6-7,14H2,1H3,(H,23,28)(H,25,29). The third-order valence-electron chi connectivity index (χ3n) is 5.35. The lowest BCUT2D eigenvalue weighted by molar-refractivity contribution is -0.119. The summed E-state index contributed by atoms with van der Waals surface area (Å²) < 4.78 is 7.43. The summed E-state index contributed by atoms with van der Waals surface area (Å²) in [6.45, 7) is 0. The van der Waals surface area contributed by atoms with Crippen LogP contribution >= 0.6 is 23.1 Å². The number of nitrogens with zero attached hydrogens (tertiary/aromatic N) is 3. The van der Waals surface area contributed by atoms with E-state index in [2.05, 4.69) is 25.6 Å². The maximum atomic E-state index is 12.3. The highest BCUT2D eigenvalue weighted by molar-refractivity contribution is 7.99. The Balaban J connectivity index is 1.45. The number of aromatic nitrogens is 3.